The molecule has 1 heterocycles. The van der Waals surface area contributed by atoms with Crippen LogP contribution in [0.3, 0.4) is 0 Å². The quantitative estimate of drug-likeness (QED) is 0.755. The average molecular weight is 311 g/mol. The SMILES string of the molecule is CCCNc1cc(NC(C)CCSC)nc(C(C)(C)C)n1. The molecule has 1 unspecified atom stereocenters. The molecule has 1 aromatic heterocycles. The maximum Gasteiger partial charge on any atom is 0.138 e. The minimum absolute atomic E-state index is 0.0527. The first kappa shape index (κ1) is 18.1. The van der Waals surface area contributed by atoms with E-state index in [-0.39, 0.29) is 5.41 Å². The van der Waals surface area contributed by atoms with Crippen LogP contribution in [0.2, 0.25) is 0 Å². The molecule has 0 bridgehead atoms. The summed E-state index contributed by atoms with van der Waals surface area (Å²) in [7, 11) is 0. The second-order valence-electron chi connectivity index (χ2n) is 6.47. The van der Waals surface area contributed by atoms with Gasteiger partial charge < -0.3 is 10.6 Å². The van der Waals surface area contributed by atoms with E-state index in [9.17, 15) is 0 Å². The van der Waals surface area contributed by atoms with E-state index in [0.717, 1.165) is 42.6 Å². The summed E-state index contributed by atoms with van der Waals surface area (Å²) in [6, 6.07) is 2.43. The summed E-state index contributed by atoms with van der Waals surface area (Å²) in [4.78, 5) is 9.34. The largest absolute Gasteiger partial charge is 0.370 e. The molecular formula is C16H30N4S. The summed E-state index contributed by atoms with van der Waals surface area (Å²) in [5.74, 6) is 3.87. The molecule has 0 saturated heterocycles. The number of anilines is 2. The third kappa shape index (κ3) is 6.55. The van der Waals surface area contributed by atoms with E-state index in [2.05, 4.69) is 56.5 Å². The lowest BCUT2D eigenvalue weighted by atomic mass is 9.96. The fourth-order valence-corrected chi connectivity index (χ4v) is 2.41. The Morgan fingerprint density at radius 2 is 1.90 bits per heavy atom. The summed E-state index contributed by atoms with van der Waals surface area (Å²) in [6.45, 7) is 11.7. The monoisotopic (exact) mass is 310 g/mol. The van der Waals surface area contributed by atoms with Gasteiger partial charge in [0.15, 0.2) is 0 Å². The minimum Gasteiger partial charge on any atom is -0.370 e. The van der Waals surface area contributed by atoms with Gasteiger partial charge in [-0.1, -0.05) is 27.7 Å². The molecule has 1 rings (SSSR count). The van der Waals surface area contributed by atoms with Crippen LogP contribution in [0.4, 0.5) is 11.6 Å². The highest BCUT2D eigenvalue weighted by molar-refractivity contribution is 7.98. The van der Waals surface area contributed by atoms with E-state index < -0.39 is 0 Å². The molecule has 0 aliphatic carbocycles. The lowest BCUT2D eigenvalue weighted by molar-refractivity contribution is 0.546. The van der Waals surface area contributed by atoms with E-state index in [1.807, 2.05) is 17.8 Å². The number of aromatic nitrogens is 2. The third-order valence-corrected chi connectivity index (χ3v) is 3.75. The molecule has 1 atom stereocenters. The van der Waals surface area contributed by atoms with Crippen LogP contribution in [-0.2, 0) is 5.41 Å². The Labute approximate surface area is 133 Å². The maximum absolute atomic E-state index is 4.69. The first-order valence-electron chi connectivity index (χ1n) is 7.75. The molecule has 0 amide bonds. The molecule has 0 radical (unpaired) electrons. The zero-order valence-corrected chi connectivity index (χ0v) is 15.1. The van der Waals surface area contributed by atoms with Crippen molar-refractivity contribution >= 4 is 23.4 Å². The van der Waals surface area contributed by atoms with Gasteiger partial charge in [-0.15, -0.1) is 0 Å². The summed E-state index contributed by atoms with van der Waals surface area (Å²) >= 11 is 1.88. The Morgan fingerprint density at radius 3 is 2.48 bits per heavy atom. The van der Waals surface area contributed by atoms with Gasteiger partial charge in [0.1, 0.15) is 17.5 Å². The Hall–Kier alpha value is -0.970. The fraction of sp³-hybridized carbons (Fsp3) is 0.750. The van der Waals surface area contributed by atoms with Crippen molar-refractivity contribution < 1.29 is 0 Å². The molecule has 0 spiro atoms. The van der Waals surface area contributed by atoms with Gasteiger partial charge in [-0.2, -0.15) is 11.8 Å². The fourth-order valence-electron chi connectivity index (χ4n) is 1.82. The van der Waals surface area contributed by atoms with Crippen LogP contribution in [0.1, 0.15) is 53.3 Å². The third-order valence-electron chi connectivity index (χ3n) is 3.10. The van der Waals surface area contributed by atoms with Crippen LogP contribution in [0.5, 0.6) is 0 Å². The van der Waals surface area contributed by atoms with Crippen LogP contribution in [-0.4, -0.2) is 34.6 Å². The van der Waals surface area contributed by atoms with Gasteiger partial charge in [0, 0.05) is 24.1 Å². The zero-order valence-electron chi connectivity index (χ0n) is 14.3. The normalized spacial score (nSPS) is 13.0. The standard InChI is InChI=1S/C16H30N4S/c1-7-9-17-13-11-14(18-12(2)8-10-21-6)20-15(19-13)16(3,4)5/h11-12H,7-10H2,1-6H3,(H2,17,18,19,20). The topological polar surface area (TPSA) is 49.8 Å². The summed E-state index contributed by atoms with van der Waals surface area (Å²) in [5, 5.41) is 6.87. The molecule has 0 saturated carbocycles. The highest BCUT2D eigenvalue weighted by Gasteiger charge is 2.19. The Balaban J connectivity index is 2.90. The van der Waals surface area contributed by atoms with E-state index >= 15 is 0 Å². The number of thioether (sulfide) groups is 1. The molecule has 2 N–H and O–H groups in total. The van der Waals surface area contributed by atoms with E-state index in [1.165, 1.54) is 0 Å². The van der Waals surface area contributed by atoms with Gasteiger partial charge in [-0.3, -0.25) is 0 Å². The molecule has 21 heavy (non-hydrogen) atoms. The lowest BCUT2D eigenvalue weighted by Crippen LogP contribution is -2.22. The van der Waals surface area contributed by atoms with Crippen LogP contribution in [0.15, 0.2) is 6.07 Å². The van der Waals surface area contributed by atoms with Crippen molar-refractivity contribution in [1.29, 1.82) is 0 Å². The van der Waals surface area contributed by atoms with Crippen LogP contribution in [0.25, 0.3) is 0 Å². The van der Waals surface area contributed by atoms with Gasteiger partial charge in [0.25, 0.3) is 0 Å². The Morgan fingerprint density at radius 1 is 1.24 bits per heavy atom. The second kappa shape index (κ2) is 8.47. The Bertz CT molecular complexity index is 429. The molecule has 5 heteroatoms. The summed E-state index contributed by atoms with van der Waals surface area (Å²) in [5.41, 5.74) is -0.0527. The van der Waals surface area contributed by atoms with E-state index in [1.54, 1.807) is 0 Å². The van der Waals surface area contributed by atoms with Gasteiger partial charge >= 0.3 is 0 Å². The van der Waals surface area contributed by atoms with Crippen molar-refractivity contribution in [1.82, 2.24) is 9.97 Å². The highest BCUT2D eigenvalue weighted by Crippen LogP contribution is 2.23. The van der Waals surface area contributed by atoms with Crippen molar-refractivity contribution in [2.45, 2.75) is 58.9 Å². The molecule has 0 aliphatic heterocycles. The van der Waals surface area contributed by atoms with Gasteiger partial charge in [-0.25, -0.2) is 9.97 Å². The predicted molar refractivity (Wildman–Crippen MR) is 95.6 cm³/mol. The number of hydrogen-bond acceptors (Lipinski definition) is 5. The maximum atomic E-state index is 4.69. The first-order chi connectivity index (χ1) is 9.86. The van der Waals surface area contributed by atoms with Gasteiger partial charge in [-0.05, 0) is 31.8 Å². The van der Waals surface area contributed by atoms with Crippen molar-refractivity contribution in [2.24, 2.45) is 0 Å². The number of nitrogens with one attached hydrogen (secondary N) is 2. The van der Waals surface area contributed by atoms with Crippen LogP contribution >= 0.6 is 11.8 Å². The second-order valence-corrected chi connectivity index (χ2v) is 7.45. The van der Waals surface area contributed by atoms with Crippen molar-refractivity contribution in [3.63, 3.8) is 0 Å². The molecule has 4 nitrogen and oxygen atoms in total. The first-order valence-corrected chi connectivity index (χ1v) is 9.15. The molecule has 120 valence electrons. The van der Waals surface area contributed by atoms with Gasteiger partial charge in [0.2, 0.25) is 0 Å². The lowest BCUT2D eigenvalue weighted by Gasteiger charge is -2.21. The highest BCUT2D eigenvalue weighted by atomic mass is 32.2. The molecule has 1 aromatic rings. The summed E-state index contributed by atoms with van der Waals surface area (Å²) < 4.78 is 0. The van der Waals surface area contributed by atoms with Crippen molar-refractivity contribution in [3.8, 4) is 0 Å². The predicted octanol–water partition coefficient (Wildman–Crippen LogP) is 4.15. The minimum atomic E-state index is -0.0527. The van der Waals surface area contributed by atoms with Gasteiger partial charge in [0.05, 0.1) is 0 Å². The number of hydrogen-bond donors (Lipinski definition) is 2. The van der Waals surface area contributed by atoms with Crippen LogP contribution < -0.4 is 10.6 Å². The average Bonchev–Trinajstić information content (AvgIpc) is 2.41. The number of nitrogens with zero attached hydrogens (tertiary/aromatic N) is 2. The molecule has 0 aliphatic rings. The van der Waals surface area contributed by atoms with Crippen LogP contribution in [0, 0.1) is 0 Å². The summed E-state index contributed by atoms with van der Waals surface area (Å²) in [6.07, 6.45) is 4.36. The zero-order chi connectivity index (χ0) is 15.9. The van der Waals surface area contributed by atoms with E-state index in [0.29, 0.717) is 6.04 Å². The smallest absolute Gasteiger partial charge is 0.138 e. The van der Waals surface area contributed by atoms with Crippen molar-refractivity contribution in [3.05, 3.63) is 11.9 Å². The molecular weight excluding hydrogens is 280 g/mol. The molecule has 0 fully saturated rings. The van der Waals surface area contributed by atoms with E-state index in [4.69, 9.17) is 4.98 Å². The molecule has 0 aromatic carbocycles. The Kier molecular flexibility index (Phi) is 7.29. The van der Waals surface area contributed by atoms with Crippen molar-refractivity contribution in [2.75, 3.05) is 29.2 Å². The number of rotatable bonds is 8.